The largest absolute Gasteiger partial charge is 0.484 e. The fourth-order valence-electron chi connectivity index (χ4n) is 4.98. The number of carbonyl (C=O) groups excluding carboxylic acids is 3. The molecule has 3 aromatic carbocycles. The standard InChI is InChI=1S/C29H22ClN3O5S2/c1-15-2-8-18(9-3-15)31-21(34)14-38-20-12-4-16(5-13-20)22-23-25(39-26-24(22)40-29(37)32-26)28(36)33(27(23)35)19-10-6-17(30)7-11-19/h2-13,22-23,25H,14H2,1H3,(H,31,34)(H,32,37). The van der Waals surface area contributed by atoms with Gasteiger partial charge in [0.05, 0.1) is 16.6 Å². The van der Waals surface area contributed by atoms with Crippen LogP contribution in [0.5, 0.6) is 5.75 Å². The molecule has 8 nitrogen and oxygen atoms in total. The average molecular weight is 592 g/mol. The first-order valence-electron chi connectivity index (χ1n) is 12.4. The zero-order valence-corrected chi connectivity index (χ0v) is 23.4. The molecular formula is C29H22ClN3O5S2. The molecule has 6 rings (SSSR count). The molecule has 202 valence electrons. The van der Waals surface area contributed by atoms with E-state index in [4.69, 9.17) is 16.3 Å². The van der Waals surface area contributed by atoms with Gasteiger partial charge in [0.25, 0.3) is 5.91 Å². The molecule has 3 unspecified atom stereocenters. The van der Waals surface area contributed by atoms with Gasteiger partial charge in [0.2, 0.25) is 11.8 Å². The second kappa shape index (κ2) is 10.6. The zero-order chi connectivity index (χ0) is 28.0. The highest BCUT2D eigenvalue weighted by Crippen LogP contribution is 2.53. The van der Waals surface area contributed by atoms with E-state index in [1.165, 1.54) is 16.7 Å². The summed E-state index contributed by atoms with van der Waals surface area (Å²) in [5.41, 5.74) is 3.00. The first kappa shape index (κ1) is 26.4. The first-order chi connectivity index (χ1) is 19.3. The maximum absolute atomic E-state index is 13.8. The van der Waals surface area contributed by atoms with Crippen molar-refractivity contribution < 1.29 is 19.1 Å². The van der Waals surface area contributed by atoms with Crippen LogP contribution in [0.1, 0.15) is 21.9 Å². The van der Waals surface area contributed by atoms with Gasteiger partial charge >= 0.3 is 4.87 Å². The normalized spacial score (nSPS) is 19.8. The lowest BCUT2D eigenvalue weighted by atomic mass is 9.83. The number of thioether (sulfide) groups is 1. The monoisotopic (exact) mass is 591 g/mol. The van der Waals surface area contributed by atoms with Crippen LogP contribution in [-0.2, 0) is 14.4 Å². The molecule has 2 aliphatic rings. The van der Waals surface area contributed by atoms with Gasteiger partial charge in [0.1, 0.15) is 11.0 Å². The molecule has 0 bridgehead atoms. The molecule has 0 saturated carbocycles. The quantitative estimate of drug-likeness (QED) is 0.298. The summed E-state index contributed by atoms with van der Waals surface area (Å²) in [4.78, 5) is 56.4. The van der Waals surface area contributed by atoms with Crippen LogP contribution in [0.15, 0.2) is 82.6 Å². The summed E-state index contributed by atoms with van der Waals surface area (Å²) in [6.45, 7) is 1.79. The van der Waals surface area contributed by atoms with E-state index in [1.807, 2.05) is 43.3 Å². The van der Waals surface area contributed by atoms with Gasteiger partial charge in [-0.15, -0.1) is 0 Å². The highest BCUT2D eigenvalue weighted by atomic mass is 35.5. The van der Waals surface area contributed by atoms with Crippen molar-refractivity contribution in [3.05, 3.63) is 103 Å². The van der Waals surface area contributed by atoms with E-state index < -0.39 is 17.1 Å². The number of amides is 3. The van der Waals surface area contributed by atoms with Crippen LogP contribution in [0.25, 0.3) is 0 Å². The minimum absolute atomic E-state index is 0.176. The van der Waals surface area contributed by atoms with E-state index in [2.05, 4.69) is 10.3 Å². The molecule has 0 spiro atoms. The smallest absolute Gasteiger partial charge is 0.305 e. The Labute approximate surface area is 242 Å². The lowest BCUT2D eigenvalue weighted by Gasteiger charge is -2.29. The van der Waals surface area contributed by atoms with Gasteiger partial charge in [0.15, 0.2) is 6.61 Å². The number of halogens is 1. The molecule has 0 radical (unpaired) electrons. The zero-order valence-electron chi connectivity index (χ0n) is 21.1. The fraction of sp³-hybridized carbons (Fsp3) is 0.172. The number of aromatic amines is 1. The fourth-order valence-corrected chi connectivity index (χ4v) is 7.62. The highest BCUT2D eigenvalue weighted by Gasteiger charge is 2.56. The number of ether oxygens (including phenoxy) is 1. The van der Waals surface area contributed by atoms with Crippen molar-refractivity contribution >= 4 is 63.8 Å². The number of benzene rings is 3. The number of fused-ring (bicyclic) bond motifs is 2. The number of nitrogens with zero attached hydrogens (tertiary/aromatic N) is 1. The van der Waals surface area contributed by atoms with Crippen LogP contribution in [0, 0.1) is 12.8 Å². The Kier molecular flexibility index (Phi) is 6.99. The van der Waals surface area contributed by atoms with Crippen LogP contribution in [0.4, 0.5) is 11.4 Å². The van der Waals surface area contributed by atoms with Crippen LogP contribution in [0.2, 0.25) is 5.02 Å². The summed E-state index contributed by atoms with van der Waals surface area (Å²) in [5.74, 6) is -1.67. The first-order valence-corrected chi connectivity index (χ1v) is 14.5. The number of thiazole rings is 1. The van der Waals surface area contributed by atoms with Crippen molar-refractivity contribution in [2.24, 2.45) is 5.92 Å². The van der Waals surface area contributed by atoms with Crippen molar-refractivity contribution in [3.8, 4) is 5.75 Å². The number of carbonyl (C=O) groups is 3. The van der Waals surface area contributed by atoms with Gasteiger partial charge < -0.3 is 15.0 Å². The Hall–Kier alpha value is -3.86. The van der Waals surface area contributed by atoms with Gasteiger partial charge in [-0.3, -0.25) is 19.2 Å². The molecule has 1 saturated heterocycles. The van der Waals surface area contributed by atoms with E-state index in [0.717, 1.165) is 27.3 Å². The molecule has 3 amide bonds. The third-order valence-electron chi connectivity index (χ3n) is 6.85. The Balaban J connectivity index is 1.24. The Morgan fingerprint density at radius 2 is 1.68 bits per heavy atom. The maximum Gasteiger partial charge on any atom is 0.305 e. The van der Waals surface area contributed by atoms with E-state index in [0.29, 0.717) is 27.2 Å². The highest BCUT2D eigenvalue weighted by molar-refractivity contribution is 8.00. The van der Waals surface area contributed by atoms with Gasteiger partial charge in [-0.25, -0.2) is 4.90 Å². The Morgan fingerprint density at radius 3 is 2.38 bits per heavy atom. The molecule has 1 aromatic heterocycles. The second-order valence-corrected chi connectivity index (χ2v) is 12.1. The SMILES string of the molecule is Cc1ccc(NC(=O)COc2ccc(C3c4sc(=O)[nH]c4SC4C(=O)N(c5ccc(Cl)cc5)C(=O)C43)cc2)cc1. The van der Waals surface area contributed by atoms with Crippen LogP contribution in [-0.4, -0.2) is 34.6 Å². The third kappa shape index (κ3) is 4.94. The van der Waals surface area contributed by atoms with Gasteiger partial charge in [0, 0.05) is 21.5 Å². The van der Waals surface area contributed by atoms with Crippen LogP contribution in [0.3, 0.4) is 0 Å². The molecular weight excluding hydrogens is 570 g/mol. The van der Waals surface area contributed by atoms with E-state index in [9.17, 15) is 19.2 Å². The van der Waals surface area contributed by atoms with E-state index in [1.54, 1.807) is 36.4 Å². The molecule has 0 aliphatic carbocycles. The Bertz CT molecular complexity index is 1670. The average Bonchev–Trinajstić information content (AvgIpc) is 3.44. The number of rotatable bonds is 6. The van der Waals surface area contributed by atoms with Gasteiger partial charge in [-0.2, -0.15) is 0 Å². The van der Waals surface area contributed by atoms with Crippen LogP contribution < -0.4 is 19.8 Å². The number of hydrogen-bond donors (Lipinski definition) is 2. The topological polar surface area (TPSA) is 109 Å². The van der Waals surface area contributed by atoms with E-state index >= 15 is 0 Å². The molecule has 3 atom stereocenters. The Morgan fingerprint density at radius 1 is 0.975 bits per heavy atom. The molecule has 11 heteroatoms. The number of anilines is 2. The molecule has 2 N–H and O–H groups in total. The minimum Gasteiger partial charge on any atom is -0.484 e. The lowest BCUT2D eigenvalue weighted by Crippen LogP contribution is -2.32. The number of hydrogen-bond acceptors (Lipinski definition) is 7. The summed E-state index contributed by atoms with van der Waals surface area (Å²) in [6.07, 6.45) is 0. The predicted molar refractivity (Wildman–Crippen MR) is 156 cm³/mol. The third-order valence-corrected chi connectivity index (χ3v) is 9.51. The molecule has 3 heterocycles. The number of imide groups is 1. The van der Waals surface area contributed by atoms with Crippen molar-refractivity contribution in [1.82, 2.24) is 4.98 Å². The second-order valence-electron chi connectivity index (χ2n) is 9.51. The number of aryl methyl sites for hydroxylation is 1. The maximum atomic E-state index is 13.8. The number of nitrogens with one attached hydrogen (secondary N) is 2. The lowest BCUT2D eigenvalue weighted by molar-refractivity contribution is -0.122. The summed E-state index contributed by atoms with van der Waals surface area (Å²) >= 11 is 8.29. The van der Waals surface area contributed by atoms with Crippen molar-refractivity contribution in [1.29, 1.82) is 0 Å². The molecule has 40 heavy (non-hydrogen) atoms. The van der Waals surface area contributed by atoms with Crippen molar-refractivity contribution in [3.63, 3.8) is 0 Å². The van der Waals surface area contributed by atoms with E-state index in [-0.39, 0.29) is 29.2 Å². The predicted octanol–water partition coefficient (Wildman–Crippen LogP) is 5.21. The van der Waals surface area contributed by atoms with Gasteiger partial charge in [-0.05, 0) is 61.0 Å². The number of H-pyrrole nitrogens is 1. The number of aromatic nitrogens is 1. The minimum atomic E-state index is -0.695. The molecule has 4 aromatic rings. The summed E-state index contributed by atoms with van der Waals surface area (Å²) in [7, 11) is 0. The molecule has 2 aliphatic heterocycles. The summed E-state index contributed by atoms with van der Waals surface area (Å²) in [5, 5.41) is 3.21. The summed E-state index contributed by atoms with van der Waals surface area (Å²) in [6, 6.07) is 21.1. The summed E-state index contributed by atoms with van der Waals surface area (Å²) < 4.78 is 5.68. The van der Waals surface area contributed by atoms with Crippen molar-refractivity contribution in [2.45, 2.75) is 23.1 Å². The molecule has 1 fully saturated rings. The van der Waals surface area contributed by atoms with Gasteiger partial charge in [-0.1, -0.05) is 64.5 Å². The van der Waals surface area contributed by atoms with Crippen molar-refractivity contribution in [2.75, 3.05) is 16.8 Å². The van der Waals surface area contributed by atoms with Crippen LogP contribution >= 0.6 is 34.7 Å².